The molecule has 0 atom stereocenters. The van der Waals surface area contributed by atoms with E-state index in [0.717, 1.165) is 11.0 Å². The number of hydrogen-bond acceptors (Lipinski definition) is 5. The van der Waals surface area contributed by atoms with Gasteiger partial charge in [0.1, 0.15) is 6.61 Å². The van der Waals surface area contributed by atoms with E-state index in [2.05, 4.69) is 9.17 Å². The van der Waals surface area contributed by atoms with Crippen molar-refractivity contribution in [1.29, 1.82) is 0 Å². The molecule has 16 heavy (non-hydrogen) atoms. The summed E-state index contributed by atoms with van der Waals surface area (Å²) >= 11 is 7.42. The predicted octanol–water partition coefficient (Wildman–Crippen LogP) is 2.43. The first-order chi connectivity index (χ1) is 7.46. The number of halogens is 1. The van der Waals surface area contributed by atoms with Gasteiger partial charge in [-0.3, -0.25) is 4.18 Å². The molecule has 0 N–H and O–H groups in total. The summed E-state index contributed by atoms with van der Waals surface area (Å²) in [5.41, 5.74) is 1.22. The van der Waals surface area contributed by atoms with E-state index in [-0.39, 0.29) is 6.61 Å². The van der Waals surface area contributed by atoms with Crippen LogP contribution >= 0.6 is 22.9 Å². The highest BCUT2D eigenvalue weighted by Gasteiger charge is 2.07. The highest BCUT2D eigenvalue weighted by atomic mass is 35.5. The average molecular weight is 278 g/mol. The molecule has 0 aliphatic carbocycles. The van der Waals surface area contributed by atoms with Crippen LogP contribution in [0.5, 0.6) is 0 Å². The van der Waals surface area contributed by atoms with E-state index >= 15 is 0 Å². The Kier molecular flexibility index (Phi) is 3.16. The number of rotatable bonds is 3. The molecule has 0 bridgehead atoms. The second kappa shape index (κ2) is 4.29. The number of nitrogens with zero attached hydrogens (tertiary/aromatic N) is 1. The third-order valence-electron chi connectivity index (χ3n) is 1.85. The zero-order valence-electron chi connectivity index (χ0n) is 8.31. The smallest absolute Gasteiger partial charge is 0.264 e. The predicted molar refractivity (Wildman–Crippen MR) is 64.3 cm³/mol. The summed E-state index contributed by atoms with van der Waals surface area (Å²) in [6.45, 7) is -0.0685. The quantitative estimate of drug-likeness (QED) is 0.809. The number of fused-ring (bicyclic) bond motifs is 1. The van der Waals surface area contributed by atoms with Crippen molar-refractivity contribution in [2.45, 2.75) is 6.61 Å². The van der Waals surface area contributed by atoms with Crippen molar-refractivity contribution in [3.8, 4) is 0 Å². The highest BCUT2D eigenvalue weighted by Crippen LogP contribution is 2.28. The number of hydrogen-bond donors (Lipinski definition) is 0. The molecule has 0 radical (unpaired) electrons. The Balaban J connectivity index is 2.29. The van der Waals surface area contributed by atoms with E-state index < -0.39 is 10.1 Å². The third-order valence-corrected chi connectivity index (χ3v) is 3.75. The monoisotopic (exact) mass is 277 g/mol. The molecule has 86 valence electrons. The van der Waals surface area contributed by atoms with Gasteiger partial charge < -0.3 is 0 Å². The van der Waals surface area contributed by atoms with Gasteiger partial charge in [0, 0.05) is 5.38 Å². The fourth-order valence-corrected chi connectivity index (χ4v) is 2.60. The maximum atomic E-state index is 10.8. The molecule has 0 aromatic carbocycles. The average Bonchev–Trinajstić information content (AvgIpc) is 2.56. The van der Waals surface area contributed by atoms with Crippen LogP contribution in [-0.2, 0) is 20.9 Å². The minimum atomic E-state index is -3.44. The lowest BCUT2D eigenvalue weighted by Crippen LogP contribution is -2.03. The lowest BCUT2D eigenvalue weighted by atomic mass is 10.3. The second-order valence-electron chi connectivity index (χ2n) is 3.20. The van der Waals surface area contributed by atoms with E-state index in [1.807, 2.05) is 6.07 Å². The van der Waals surface area contributed by atoms with Gasteiger partial charge in [-0.1, -0.05) is 11.6 Å². The minimum Gasteiger partial charge on any atom is -0.264 e. The fourth-order valence-electron chi connectivity index (χ4n) is 1.17. The van der Waals surface area contributed by atoms with Gasteiger partial charge in [0.05, 0.1) is 27.2 Å². The van der Waals surface area contributed by atoms with Gasteiger partial charge in [-0.15, -0.1) is 11.3 Å². The van der Waals surface area contributed by atoms with E-state index in [4.69, 9.17) is 11.6 Å². The van der Waals surface area contributed by atoms with E-state index in [1.54, 1.807) is 11.4 Å². The van der Waals surface area contributed by atoms with Crippen LogP contribution in [0.15, 0.2) is 17.5 Å². The molecule has 4 nitrogen and oxygen atoms in total. The maximum absolute atomic E-state index is 10.8. The summed E-state index contributed by atoms with van der Waals surface area (Å²) < 4.78 is 27.2. The summed E-state index contributed by atoms with van der Waals surface area (Å²) in [7, 11) is -3.44. The highest BCUT2D eigenvalue weighted by molar-refractivity contribution is 7.85. The Labute approximate surface area is 102 Å². The van der Waals surface area contributed by atoms with Crippen molar-refractivity contribution in [2.75, 3.05) is 6.26 Å². The Morgan fingerprint density at radius 1 is 1.50 bits per heavy atom. The number of aromatic nitrogens is 1. The lowest BCUT2D eigenvalue weighted by molar-refractivity contribution is 0.307. The molecule has 0 fully saturated rings. The molecule has 0 amide bonds. The van der Waals surface area contributed by atoms with Crippen molar-refractivity contribution < 1.29 is 12.6 Å². The van der Waals surface area contributed by atoms with Gasteiger partial charge in [-0.2, -0.15) is 8.42 Å². The normalized spacial score (nSPS) is 12.1. The maximum Gasteiger partial charge on any atom is 0.264 e. The molecule has 0 saturated carbocycles. The molecule has 0 unspecified atom stereocenters. The topological polar surface area (TPSA) is 56.3 Å². The van der Waals surface area contributed by atoms with Crippen molar-refractivity contribution in [2.24, 2.45) is 0 Å². The first-order valence-corrected chi connectivity index (χ1v) is 7.40. The summed E-state index contributed by atoms with van der Waals surface area (Å²) in [5.74, 6) is 0. The summed E-state index contributed by atoms with van der Waals surface area (Å²) in [4.78, 5) is 4.23. The zero-order valence-corrected chi connectivity index (χ0v) is 10.7. The van der Waals surface area contributed by atoms with Gasteiger partial charge in [0.15, 0.2) is 0 Å². The van der Waals surface area contributed by atoms with Gasteiger partial charge in [-0.05, 0) is 12.1 Å². The van der Waals surface area contributed by atoms with Crippen LogP contribution in [-0.4, -0.2) is 19.7 Å². The van der Waals surface area contributed by atoms with E-state index in [9.17, 15) is 8.42 Å². The largest absolute Gasteiger partial charge is 0.264 e. The summed E-state index contributed by atoms with van der Waals surface area (Å²) in [6.07, 6.45) is 1.00. The SMILES string of the molecule is CS(=O)(=O)OCc1ccc2scc(Cl)c2n1. The van der Waals surface area contributed by atoms with E-state index in [0.29, 0.717) is 16.2 Å². The third kappa shape index (κ3) is 2.70. The van der Waals surface area contributed by atoms with Crippen molar-refractivity contribution in [1.82, 2.24) is 4.98 Å². The molecule has 0 saturated heterocycles. The number of thiophene rings is 1. The van der Waals surface area contributed by atoms with Crippen LogP contribution in [0, 0.1) is 0 Å². The van der Waals surface area contributed by atoms with Crippen LogP contribution in [0.25, 0.3) is 10.2 Å². The summed E-state index contributed by atoms with van der Waals surface area (Å²) in [5, 5.41) is 2.36. The Morgan fingerprint density at radius 2 is 2.25 bits per heavy atom. The van der Waals surface area contributed by atoms with Gasteiger partial charge >= 0.3 is 0 Å². The first kappa shape index (κ1) is 11.8. The molecule has 0 aliphatic heterocycles. The van der Waals surface area contributed by atoms with Crippen molar-refractivity contribution >= 4 is 43.3 Å². The molecule has 2 aromatic rings. The van der Waals surface area contributed by atoms with Gasteiger partial charge in [0.25, 0.3) is 10.1 Å². The molecule has 2 rings (SSSR count). The second-order valence-corrected chi connectivity index (χ2v) is 6.16. The van der Waals surface area contributed by atoms with Gasteiger partial charge in [0.2, 0.25) is 0 Å². The molecule has 2 heterocycles. The van der Waals surface area contributed by atoms with Gasteiger partial charge in [-0.25, -0.2) is 4.98 Å². The fraction of sp³-hybridized carbons (Fsp3) is 0.222. The first-order valence-electron chi connectivity index (χ1n) is 4.33. The Bertz CT molecular complexity index is 621. The molecule has 0 spiro atoms. The van der Waals surface area contributed by atoms with Crippen LogP contribution < -0.4 is 0 Å². The molecule has 7 heteroatoms. The Morgan fingerprint density at radius 3 is 2.94 bits per heavy atom. The number of pyridine rings is 1. The minimum absolute atomic E-state index is 0.0685. The van der Waals surface area contributed by atoms with Crippen LogP contribution in [0.3, 0.4) is 0 Å². The summed E-state index contributed by atoms with van der Waals surface area (Å²) in [6, 6.07) is 3.57. The molecule has 0 aliphatic rings. The molecular weight excluding hydrogens is 270 g/mol. The Hall–Kier alpha value is -0.690. The zero-order chi connectivity index (χ0) is 11.8. The standard InChI is InChI=1S/C9H8ClNO3S2/c1-16(12,13)14-4-6-2-3-8-9(11-6)7(10)5-15-8/h2-3,5H,4H2,1H3. The molecule has 2 aromatic heterocycles. The van der Waals surface area contributed by atoms with Crippen LogP contribution in [0.2, 0.25) is 5.02 Å². The lowest BCUT2D eigenvalue weighted by Gasteiger charge is -2.01. The van der Waals surface area contributed by atoms with Crippen LogP contribution in [0.1, 0.15) is 5.69 Å². The van der Waals surface area contributed by atoms with E-state index in [1.165, 1.54) is 11.3 Å². The van der Waals surface area contributed by atoms with Crippen LogP contribution in [0.4, 0.5) is 0 Å². The van der Waals surface area contributed by atoms with Crippen molar-refractivity contribution in [3.63, 3.8) is 0 Å². The van der Waals surface area contributed by atoms with Crippen molar-refractivity contribution in [3.05, 3.63) is 28.2 Å². The molecular formula is C9H8ClNO3S2.